The van der Waals surface area contributed by atoms with E-state index in [1.165, 1.54) is 0 Å². The van der Waals surface area contributed by atoms with E-state index in [-0.39, 0.29) is 5.84 Å². The molecular formula is C14H16ClN5O. The number of hydrogen-bond donors (Lipinski definition) is 3. The Morgan fingerprint density at radius 3 is 2.76 bits per heavy atom. The third-order valence-corrected chi connectivity index (χ3v) is 3.26. The minimum Gasteiger partial charge on any atom is -0.409 e. The van der Waals surface area contributed by atoms with Crippen LogP contribution in [0.2, 0.25) is 5.02 Å². The largest absolute Gasteiger partial charge is 0.409 e. The number of hydrogen-bond acceptors (Lipinski definition) is 5. The molecule has 0 fully saturated rings. The van der Waals surface area contributed by atoms with Gasteiger partial charge in [0.1, 0.15) is 0 Å². The Bertz CT molecular complexity index is 642. The van der Waals surface area contributed by atoms with E-state index in [0.29, 0.717) is 23.7 Å². The van der Waals surface area contributed by atoms with E-state index in [1.54, 1.807) is 24.5 Å². The van der Waals surface area contributed by atoms with Crippen LogP contribution < -0.4 is 11.1 Å². The summed E-state index contributed by atoms with van der Waals surface area (Å²) < 4.78 is 0. The molecule has 0 amide bonds. The zero-order chi connectivity index (χ0) is 15.2. The number of nitrogens with one attached hydrogen (secondary N) is 1. The van der Waals surface area contributed by atoms with Crippen molar-refractivity contribution in [1.29, 1.82) is 0 Å². The van der Waals surface area contributed by atoms with Crippen molar-refractivity contribution < 1.29 is 5.21 Å². The number of aryl methyl sites for hydroxylation is 1. The highest BCUT2D eigenvalue weighted by Crippen LogP contribution is 2.18. The SMILES string of the molecule is Cc1cnc(CNCc2ccc(/C(N)=N/O)cc2Cl)cn1. The smallest absolute Gasteiger partial charge is 0.170 e. The van der Waals surface area contributed by atoms with Gasteiger partial charge in [-0.05, 0) is 18.6 Å². The van der Waals surface area contributed by atoms with Crippen LogP contribution in [-0.2, 0) is 13.1 Å². The summed E-state index contributed by atoms with van der Waals surface area (Å²) in [5.41, 5.74) is 8.77. The molecule has 110 valence electrons. The quantitative estimate of drug-likeness (QED) is 0.339. The number of halogens is 1. The second kappa shape index (κ2) is 7.01. The van der Waals surface area contributed by atoms with Gasteiger partial charge in [-0.25, -0.2) is 0 Å². The van der Waals surface area contributed by atoms with Gasteiger partial charge in [0, 0.05) is 36.1 Å². The lowest BCUT2D eigenvalue weighted by Crippen LogP contribution is -2.16. The van der Waals surface area contributed by atoms with E-state index in [1.807, 2.05) is 13.0 Å². The van der Waals surface area contributed by atoms with Gasteiger partial charge in [-0.3, -0.25) is 9.97 Å². The molecule has 0 unspecified atom stereocenters. The van der Waals surface area contributed by atoms with Crippen LogP contribution in [0.15, 0.2) is 35.7 Å². The average Bonchev–Trinajstić information content (AvgIpc) is 2.50. The summed E-state index contributed by atoms with van der Waals surface area (Å²) in [6, 6.07) is 5.26. The van der Waals surface area contributed by atoms with E-state index in [9.17, 15) is 0 Å². The lowest BCUT2D eigenvalue weighted by atomic mass is 10.1. The van der Waals surface area contributed by atoms with Crippen molar-refractivity contribution in [1.82, 2.24) is 15.3 Å². The van der Waals surface area contributed by atoms with E-state index >= 15 is 0 Å². The van der Waals surface area contributed by atoms with Crippen LogP contribution in [0.3, 0.4) is 0 Å². The minimum absolute atomic E-state index is 0.0336. The Morgan fingerprint density at radius 2 is 2.14 bits per heavy atom. The van der Waals surface area contributed by atoms with Crippen molar-refractivity contribution >= 4 is 17.4 Å². The molecule has 0 saturated heterocycles. The molecular weight excluding hydrogens is 290 g/mol. The van der Waals surface area contributed by atoms with Gasteiger partial charge >= 0.3 is 0 Å². The van der Waals surface area contributed by atoms with Gasteiger partial charge in [0.05, 0.1) is 11.4 Å². The van der Waals surface area contributed by atoms with Gasteiger partial charge in [0.15, 0.2) is 5.84 Å². The molecule has 1 heterocycles. The maximum atomic E-state index is 8.63. The van der Waals surface area contributed by atoms with Gasteiger partial charge in [-0.15, -0.1) is 0 Å². The molecule has 2 aromatic rings. The highest BCUT2D eigenvalue weighted by molar-refractivity contribution is 6.31. The van der Waals surface area contributed by atoms with Crippen LogP contribution >= 0.6 is 11.6 Å². The number of rotatable bonds is 5. The summed E-state index contributed by atoms with van der Waals surface area (Å²) in [4.78, 5) is 8.45. The number of aromatic nitrogens is 2. The first-order chi connectivity index (χ1) is 10.1. The molecule has 4 N–H and O–H groups in total. The van der Waals surface area contributed by atoms with Crippen LogP contribution in [0.4, 0.5) is 0 Å². The van der Waals surface area contributed by atoms with Crippen molar-refractivity contribution in [3.63, 3.8) is 0 Å². The van der Waals surface area contributed by atoms with Gasteiger partial charge in [0.2, 0.25) is 0 Å². The number of nitrogens with two attached hydrogens (primary N) is 1. The van der Waals surface area contributed by atoms with Crippen LogP contribution in [0, 0.1) is 6.92 Å². The van der Waals surface area contributed by atoms with Gasteiger partial charge in [-0.1, -0.05) is 28.9 Å². The topological polar surface area (TPSA) is 96.4 Å². The van der Waals surface area contributed by atoms with E-state index in [4.69, 9.17) is 22.5 Å². The predicted octanol–water partition coefficient (Wildman–Crippen LogP) is 1.82. The Hall–Kier alpha value is -2.18. The molecule has 2 rings (SSSR count). The second-order valence-electron chi connectivity index (χ2n) is 4.54. The maximum Gasteiger partial charge on any atom is 0.170 e. The fraction of sp³-hybridized carbons (Fsp3) is 0.214. The predicted molar refractivity (Wildman–Crippen MR) is 81.3 cm³/mol. The number of oxime groups is 1. The molecule has 6 nitrogen and oxygen atoms in total. The Kier molecular flexibility index (Phi) is 5.08. The highest BCUT2D eigenvalue weighted by Gasteiger charge is 2.05. The van der Waals surface area contributed by atoms with E-state index in [0.717, 1.165) is 17.0 Å². The summed E-state index contributed by atoms with van der Waals surface area (Å²) >= 11 is 6.17. The lowest BCUT2D eigenvalue weighted by Gasteiger charge is -2.08. The molecule has 21 heavy (non-hydrogen) atoms. The molecule has 0 saturated carbocycles. The van der Waals surface area contributed by atoms with Crippen LogP contribution in [0.5, 0.6) is 0 Å². The summed E-state index contributed by atoms with van der Waals surface area (Å²) in [6.07, 6.45) is 3.47. The third-order valence-electron chi connectivity index (χ3n) is 2.91. The van der Waals surface area contributed by atoms with Crippen LogP contribution in [0.1, 0.15) is 22.5 Å². The molecule has 7 heteroatoms. The minimum atomic E-state index is 0.0336. The standard InChI is InChI=1S/C14H16ClN5O/c1-9-5-19-12(8-18-9)7-17-6-11-3-2-10(4-13(11)15)14(16)20-21/h2-5,8,17,21H,6-7H2,1H3,(H2,16,20). The summed E-state index contributed by atoms with van der Waals surface area (Å²) in [5.74, 6) is 0.0336. The number of nitrogens with zero attached hydrogens (tertiary/aromatic N) is 3. The number of amidine groups is 1. The van der Waals surface area contributed by atoms with Gasteiger partial charge in [0.25, 0.3) is 0 Å². The van der Waals surface area contributed by atoms with Crippen LogP contribution in [0.25, 0.3) is 0 Å². The molecule has 0 spiro atoms. The van der Waals surface area contributed by atoms with Crippen molar-refractivity contribution in [2.45, 2.75) is 20.0 Å². The Morgan fingerprint density at radius 1 is 1.33 bits per heavy atom. The molecule has 1 aromatic carbocycles. The molecule has 0 aliphatic rings. The van der Waals surface area contributed by atoms with Crippen molar-refractivity contribution in [3.05, 3.63) is 58.1 Å². The fourth-order valence-electron chi connectivity index (χ4n) is 1.74. The van der Waals surface area contributed by atoms with Crippen molar-refractivity contribution in [3.8, 4) is 0 Å². The third kappa shape index (κ3) is 4.14. The first-order valence-corrected chi connectivity index (χ1v) is 6.72. The zero-order valence-corrected chi connectivity index (χ0v) is 12.3. The first-order valence-electron chi connectivity index (χ1n) is 6.34. The average molecular weight is 306 g/mol. The Balaban J connectivity index is 1.96. The molecule has 0 bridgehead atoms. The van der Waals surface area contributed by atoms with Crippen molar-refractivity contribution in [2.75, 3.05) is 0 Å². The van der Waals surface area contributed by atoms with Gasteiger partial charge < -0.3 is 16.3 Å². The molecule has 0 radical (unpaired) electrons. The summed E-state index contributed by atoms with van der Waals surface area (Å²) in [5, 5.41) is 15.4. The Labute approximate surface area is 127 Å². The second-order valence-corrected chi connectivity index (χ2v) is 4.95. The van der Waals surface area contributed by atoms with Gasteiger partial charge in [-0.2, -0.15) is 0 Å². The zero-order valence-electron chi connectivity index (χ0n) is 11.5. The fourth-order valence-corrected chi connectivity index (χ4v) is 1.99. The summed E-state index contributed by atoms with van der Waals surface area (Å²) in [7, 11) is 0. The first kappa shape index (κ1) is 15.2. The molecule has 0 aliphatic heterocycles. The lowest BCUT2D eigenvalue weighted by molar-refractivity contribution is 0.318. The molecule has 0 aliphatic carbocycles. The normalized spacial score (nSPS) is 11.6. The number of benzene rings is 1. The van der Waals surface area contributed by atoms with E-state index < -0.39 is 0 Å². The van der Waals surface area contributed by atoms with Crippen LogP contribution in [-0.4, -0.2) is 21.0 Å². The molecule has 1 aromatic heterocycles. The molecule has 0 atom stereocenters. The summed E-state index contributed by atoms with van der Waals surface area (Å²) in [6.45, 7) is 3.09. The van der Waals surface area contributed by atoms with E-state index in [2.05, 4.69) is 20.4 Å². The maximum absolute atomic E-state index is 8.63. The monoisotopic (exact) mass is 305 g/mol. The van der Waals surface area contributed by atoms with Crippen molar-refractivity contribution in [2.24, 2.45) is 10.9 Å². The highest BCUT2D eigenvalue weighted by atomic mass is 35.5.